The molecule has 1 unspecified atom stereocenters. The number of rotatable bonds is 7. The molecule has 0 bridgehead atoms. The Morgan fingerprint density at radius 2 is 2.06 bits per heavy atom. The molecule has 0 aromatic heterocycles. The second kappa shape index (κ2) is 7.16. The van der Waals surface area contributed by atoms with Crippen LogP contribution in [0.15, 0.2) is 29.2 Å². The maximum absolute atomic E-state index is 11.6. The summed E-state index contributed by atoms with van der Waals surface area (Å²) in [6.45, 7) is 3.83. The van der Waals surface area contributed by atoms with Crippen molar-refractivity contribution in [1.29, 1.82) is 0 Å². The molecule has 18 heavy (non-hydrogen) atoms. The van der Waals surface area contributed by atoms with Crippen LogP contribution in [-0.2, 0) is 9.84 Å². The van der Waals surface area contributed by atoms with Crippen molar-refractivity contribution in [3.05, 3.63) is 29.8 Å². The van der Waals surface area contributed by atoms with Gasteiger partial charge in [0.05, 0.1) is 5.75 Å². The van der Waals surface area contributed by atoms with Crippen molar-refractivity contribution >= 4 is 21.6 Å². The molecule has 0 aliphatic heterocycles. The highest BCUT2D eigenvalue weighted by atomic mass is 32.2. The Balaban J connectivity index is 2.52. The summed E-state index contributed by atoms with van der Waals surface area (Å²) >= 11 is 1.57. The van der Waals surface area contributed by atoms with Gasteiger partial charge in [0.15, 0.2) is 9.84 Å². The van der Waals surface area contributed by atoms with Crippen LogP contribution in [-0.4, -0.2) is 25.7 Å². The normalized spacial score (nSPS) is 13.5. The summed E-state index contributed by atoms with van der Waals surface area (Å²) in [5.41, 5.74) is 6.89. The quantitative estimate of drug-likeness (QED) is 0.783. The minimum absolute atomic E-state index is 0.00868. The van der Waals surface area contributed by atoms with Gasteiger partial charge in [-0.05, 0) is 31.0 Å². The fraction of sp³-hybridized carbons (Fsp3) is 0.538. The van der Waals surface area contributed by atoms with Gasteiger partial charge in [-0.25, -0.2) is 8.42 Å². The van der Waals surface area contributed by atoms with Crippen LogP contribution in [0.4, 0.5) is 0 Å². The van der Waals surface area contributed by atoms with Crippen LogP contribution in [0.2, 0.25) is 0 Å². The van der Waals surface area contributed by atoms with Crippen molar-refractivity contribution in [2.75, 3.05) is 17.3 Å². The highest BCUT2D eigenvalue weighted by Gasteiger charge is 2.09. The van der Waals surface area contributed by atoms with Crippen LogP contribution < -0.4 is 5.73 Å². The van der Waals surface area contributed by atoms with Gasteiger partial charge < -0.3 is 5.73 Å². The first-order valence-corrected chi connectivity index (χ1v) is 8.94. The van der Waals surface area contributed by atoms with Crippen LogP contribution in [0.3, 0.4) is 0 Å². The molecule has 3 nitrogen and oxygen atoms in total. The topological polar surface area (TPSA) is 60.2 Å². The summed E-state index contributed by atoms with van der Waals surface area (Å²) in [7, 11) is -2.87. The molecular formula is C13H21NO2S2. The molecule has 0 spiro atoms. The summed E-state index contributed by atoms with van der Waals surface area (Å²) in [6.07, 6.45) is 0.688. The zero-order valence-electron chi connectivity index (χ0n) is 10.9. The second-order valence-corrected chi connectivity index (χ2v) is 7.83. The Morgan fingerprint density at radius 3 is 2.67 bits per heavy atom. The van der Waals surface area contributed by atoms with Gasteiger partial charge in [0, 0.05) is 22.4 Å². The predicted octanol–water partition coefficient (Wildman–Crippen LogP) is 2.62. The summed E-state index contributed by atoms with van der Waals surface area (Å²) in [5, 5.41) is 0. The lowest BCUT2D eigenvalue weighted by Gasteiger charge is -2.08. The standard InChI is InChI=1S/C13H21NO2S2/c1-3-8-18(15,16)9-7-17-13-6-4-5-12(10-13)11(2)14/h4-6,10-11H,3,7-9,14H2,1-2H3. The van der Waals surface area contributed by atoms with E-state index < -0.39 is 9.84 Å². The van der Waals surface area contributed by atoms with Crippen molar-refractivity contribution < 1.29 is 8.42 Å². The van der Waals surface area contributed by atoms with Crippen LogP contribution >= 0.6 is 11.8 Å². The van der Waals surface area contributed by atoms with Crippen LogP contribution in [0.5, 0.6) is 0 Å². The average molecular weight is 287 g/mol. The van der Waals surface area contributed by atoms with Gasteiger partial charge in [-0.2, -0.15) is 0 Å². The van der Waals surface area contributed by atoms with Crippen molar-refractivity contribution in [2.24, 2.45) is 5.73 Å². The smallest absolute Gasteiger partial charge is 0.151 e. The van der Waals surface area contributed by atoms with E-state index in [2.05, 4.69) is 0 Å². The Labute approximate surface area is 114 Å². The van der Waals surface area contributed by atoms with E-state index in [9.17, 15) is 8.42 Å². The van der Waals surface area contributed by atoms with Crippen molar-refractivity contribution in [3.8, 4) is 0 Å². The molecule has 0 aliphatic rings. The highest BCUT2D eigenvalue weighted by molar-refractivity contribution is 8.00. The largest absolute Gasteiger partial charge is 0.324 e. The molecule has 102 valence electrons. The molecule has 1 rings (SSSR count). The van der Waals surface area contributed by atoms with E-state index >= 15 is 0 Å². The first-order valence-electron chi connectivity index (χ1n) is 6.13. The van der Waals surface area contributed by atoms with Gasteiger partial charge >= 0.3 is 0 Å². The van der Waals surface area contributed by atoms with Gasteiger partial charge in [0.25, 0.3) is 0 Å². The van der Waals surface area contributed by atoms with Gasteiger partial charge in [0.2, 0.25) is 0 Å². The summed E-state index contributed by atoms with van der Waals surface area (Å²) in [5.74, 6) is 1.13. The number of sulfone groups is 1. The average Bonchev–Trinajstić information content (AvgIpc) is 2.29. The number of benzene rings is 1. The molecule has 1 aromatic rings. The Morgan fingerprint density at radius 1 is 1.33 bits per heavy atom. The van der Waals surface area contributed by atoms with E-state index in [4.69, 9.17) is 5.73 Å². The number of thioether (sulfide) groups is 1. The predicted molar refractivity (Wildman–Crippen MR) is 78.7 cm³/mol. The maximum Gasteiger partial charge on any atom is 0.151 e. The van der Waals surface area contributed by atoms with Gasteiger partial charge in [-0.1, -0.05) is 19.1 Å². The molecule has 2 N–H and O–H groups in total. The van der Waals surface area contributed by atoms with Gasteiger partial charge in [0.1, 0.15) is 0 Å². The van der Waals surface area contributed by atoms with E-state index in [1.165, 1.54) is 0 Å². The van der Waals surface area contributed by atoms with Crippen LogP contribution in [0.25, 0.3) is 0 Å². The molecule has 0 aliphatic carbocycles. The highest BCUT2D eigenvalue weighted by Crippen LogP contribution is 2.21. The maximum atomic E-state index is 11.6. The fourth-order valence-corrected chi connectivity index (χ4v) is 4.39. The van der Waals surface area contributed by atoms with Crippen molar-refractivity contribution in [2.45, 2.75) is 31.2 Å². The SMILES string of the molecule is CCCS(=O)(=O)CCSc1cccc(C(C)N)c1. The monoisotopic (exact) mass is 287 g/mol. The summed E-state index contributed by atoms with van der Waals surface area (Å²) in [6, 6.07) is 7.98. The zero-order chi connectivity index (χ0) is 13.6. The van der Waals surface area contributed by atoms with E-state index in [-0.39, 0.29) is 17.5 Å². The second-order valence-electron chi connectivity index (χ2n) is 4.36. The van der Waals surface area contributed by atoms with Gasteiger partial charge in [-0.3, -0.25) is 0 Å². The van der Waals surface area contributed by atoms with E-state index in [0.29, 0.717) is 12.2 Å². The minimum Gasteiger partial charge on any atom is -0.324 e. The molecule has 0 amide bonds. The minimum atomic E-state index is -2.87. The first kappa shape index (κ1) is 15.5. The van der Waals surface area contributed by atoms with E-state index in [1.807, 2.05) is 38.1 Å². The van der Waals surface area contributed by atoms with Gasteiger partial charge in [-0.15, -0.1) is 11.8 Å². The molecule has 0 radical (unpaired) electrons. The third-order valence-electron chi connectivity index (χ3n) is 2.56. The molecule has 0 saturated carbocycles. The molecule has 1 aromatic carbocycles. The zero-order valence-corrected chi connectivity index (χ0v) is 12.6. The molecule has 0 fully saturated rings. The Kier molecular flexibility index (Phi) is 6.18. The van der Waals surface area contributed by atoms with Crippen molar-refractivity contribution in [3.63, 3.8) is 0 Å². The number of hydrogen-bond donors (Lipinski definition) is 1. The Bertz CT molecular complexity index is 470. The fourth-order valence-electron chi connectivity index (χ4n) is 1.59. The first-order chi connectivity index (χ1) is 8.44. The lowest BCUT2D eigenvalue weighted by Crippen LogP contribution is -2.12. The Hall–Kier alpha value is -0.520. The number of hydrogen-bond acceptors (Lipinski definition) is 4. The molecule has 1 atom stereocenters. The van der Waals surface area contributed by atoms with E-state index in [0.717, 1.165) is 10.5 Å². The lowest BCUT2D eigenvalue weighted by molar-refractivity contribution is 0.596. The summed E-state index contributed by atoms with van der Waals surface area (Å²) in [4.78, 5) is 1.08. The molecule has 5 heteroatoms. The molecule has 0 saturated heterocycles. The summed E-state index contributed by atoms with van der Waals surface area (Å²) < 4.78 is 23.1. The van der Waals surface area contributed by atoms with Crippen LogP contribution in [0, 0.1) is 0 Å². The molecule has 0 heterocycles. The van der Waals surface area contributed by atoms with Crippen molar-refractivity contribution in [1.82, 2.24) is 0 Å². The van der Waals surface area contributed by atoms with E-state index in [1.54, 1.807) is 11.8 Å². The van der Waals surface area contributed by atoms with Crippen LogP contribution in [0.1, 0.15) is 31.9 Å². The third kappa shape index (κ3) is 5.42. The third-order valence-corrected chi connectivity index (χ3v) is 5.67. The lowest BCUT2D eigenvalue weighted by atomic mass is 10.1. The number of nitrogens with two attached hydrogens (primary N) is 1. The molecular weight excluding hydrogens is 266 g/mol.